The third-order valence-electron chi connectivity index (χ3n) is 6.47. The molecule has 2 amide bonds. The molecule has 2 aliphatic rings. The molecule has 9 nitrogen and oxygen atoms in total. The number of nitrogens with one attached hydrogen (secondary N) is 1. The number of fused-ring (bicyclic) bond motifs is 1. The van der Waals surface area contributed by atoms with Crippen molar-refractivity contribution in [2.24, 2.45) is 0 Å². The van der Waals surface area contributed by atoms with Gasteiger partial charge in [0.1, 0.15) is 11.3 Å². The molecule has 0 aliphatic carbocycles. The number of carbonyl (C=O) groups is 2. The second-order valence-corrected chi connectivity index (χ2v) is 10.9. The summed E-state index contributed by atoms with van der Waals surface area (Å²) in [5.41, 5.74) is 2.51. The molecule has 10 heteroatoms. The maximum absolute atomic E-state index is 13.2. The van der Waals surface area contributed by atoms with Gasteiger partial charge in [-0.3, -0.25) is 14.4 Å². The highest BCUT2D eigenvalue weighted by atomic mass is 32.2. The van der Waals surface area contributed by atoms with Crippen LogP contribution in [0.3, 0.4) is 0 Å². The smallest absolute Gasteiger partial charge is 0.270 e. The number of nitrogens with zero attached hydrogens (tertiary/aromatic N) is 3. The van der Waals surface area contributed by atoms with Crippen molar-refractivity contribution in [3.8, 4) is 0 Å². The first kappa shape index (κ1) is 24.2. The third kappa shape index (κ3) is 4.78. The Bertz CT molecular complexity index is 1270. The summed E-state index contributed by atoms with van der Waals surface area (Å²) >= 11 is 0. The monoisotopic (exact) mass is 486 g/mol. The van der Waals surface area contributed by atoms with Crippen molar-refractivity contribution < 1.29 is 18.0 Å². The van der Waals surface area contributed by atoms with Crippen molar-refractivity contribution in [3.63, 3.8) is 0 Å². The van der Waals surface area contributed by atoms with Crippen molar-refractivity contribution in [3.05, 3.63) is 68.6 Å². The van der Waals surface area contributed by atoms with E-state index in [2.05, 4.69) is 5.32 Å². The molecule has 2 aliphatic heterocycles. The number of sulfonamides is 1. The van der Waals surface area contributed by atoms with E-state index < -0.39 is 21.5 Å². The molecule has 1 fully saturated rings. The van der Waals surface area contributed by atoms with Gasteiger partial charge in [-0.05, 0) is 37.0 Å². The van der Waals surface area contributed by atoms with Crippen LogP contribution in [0.4, 0.5) is 0 Å². The van der Waals surface area contributed by atoms with Crippen LogP contribution in [-0.4, -0.2) is 65.9 Å². The van der Waals surface area contributed by atoms with Crippen LogP contribution < -0.4 is 10.9 Å². The summed E-state index contributed by atoms with van der Waals surface area (Å²) in [4.78, 5) is 40.8. The minimum Gasteiger partial charge on any atom is -0.348 e. The number of aromatic nitrogens is 1. The van der Waals surface area contributed by atoms with Crippen LogP contribution in [0.5, 0.6) is 0 Å². The van der Waals surface area contributed by atoms with Crippen molar-refractivity contribution >= 4 is 21.8 Å². The van der Waals surface area contributed by atoms with Gasteiger partial charge in [0.05, 0.1) is 5.75 Å². The van der Waals surface area contributed by atoms with Crippen molar-refractivity contribution in [2.45, 2.75) is 39.8 Å². The second-order valence-electron chi connectivity index (χ2n) is 8.77. The zero-order chi connectivity index (χ0) is 24.5. The fraction of sp³-hybridized carbons (Fsp3) is 0.458. The number of hydrogen-bond donors (Lipinski definition) is 1. The predicted octanol–water partition coefficient (Wildman–Crippen LogP) is 1.14. The van der Waals surface area contributed by atoms with E-state index in [1.54, 1.807) is 4.90 Å². The summed E-state index contributed by atoms with van der Waals surface area (Å²) in [6.07, 6.45) is 1.08. The second kappa shape index (κ2) is 9.71. The lowest BCUT2D eigenvalue weighted by molar-refractivity contribution is 0.0690. The van der Waals surface area contributed by atoms with Crippen molar-refractivity contribution in [1.82, 2.24) is 19.1 Å². The first-order valence-electron chi connectivity index (χ1n) is 11.6. The molecule has 1 saturated heterocycles. The van der Waals surface area contributed by atoms with Crippen LogP contribution in [-0.2, 0) is 29.5 Å². The molecule has 182 valence electrons. The molecule has 1 aromatic carbocycles. The molecule has 34 heavy (non-hydrogen) atoms. The van der Waals surface area contributed by atoms with Crippen LogP contribution in [0.2, 0.25) is 0 Å². The Morgan fingerprint density at radius 1 is 1.06 bits per heavy atom. The first-order chi connectivity index (χ1) is 16.2. The van der Waals surface area contributed by atoms with E-state index in [-0.39, 0.29) is 49.1 Å². The SMILES string of the molecule is CCc1cc(C(=O)NCc2ccc(C)cc2)c(=O)n2c1C(=O)N(CCN1CCCS1(=O)=O)CC2. The number of carbonyl (C=O) groups excluding carboxylic acids is 2. The van der Waals surface area contributed by atoms with Gasteiger partial charge in [-0.2, -0.15) is 0 Å². The lowest BCUT2D eigenvalue weighted by atomic mass is 10.0. The Morgan fingerprint density at radius 3 is 2.44 bits per heavy atom. The molecule has 0 bridgehead atoms. The zero-order valence-corrected chi connectivity index (χ0v) is 20.4. The molecular formula is C24H30N4O5S. The van der Waals surface area contributed by atoms with E-state index >= 15 is 0 Å². The average Bonchev–Trinajstić information content (AvgIpc) is 3.16. The fourth-order valence-electron chi connectivity index (χ4n) is 4.47. The maximum atomic E-state index is 13.2. The summed E-state index contributed by atoms with van der Waals surface area (Å²) in [6, 6.07) is 9.29. The molecule has 0 radical (unpaired) electrons. The number of amides is 2. The number of aryl methyl sites for hydroxylation is 2. The standard InChI is InChI=1S/C24H30N4O5S/c1-3-19-15-20(22(29)25-16-18-7-5-17(2)6-8-18)23(30)28-13-11-26(24(31)21(19)28)10-12-27-9-4-14-34(27,32)33/h5-8,15H,3-4,9-14,16H2,1-2H3,(H,25,29). The van der Waals surface area contributed by atoms with E-state index in [1.807, 2.05) is 38.1 Å². The van der Waals surface area contributed by atoms with Gasteiger partial charge in [-0.1, -0.05) is 36.8 Å². The summed E-state index contributed by atoms with van der Waals surface area (Å²) < 4.78 is 26.9. The van der Waals surface area contributed by atoms with Gasteiger partial charge in [0, 0.05) is 39.3 Å². The largest absolute Gasteiger partial charge is 0.348 e. The van der Waals surface area contributed by atoms with Gasteiger partial charge < -0.3 is 14.8 Å². The predicted molar refractivity (Wildman–Crippen MR) is 128 cm³/mol. The van der Waals surface area contributed by atoms with Crippen molar-refractivity contribution in [1.29, 1.82) is 0 Å². The zero-order valence-electron chi connectivity index (χ0n) is 19.5. The summed E-state index contributed by atoms with van der Waals surface area (Å²) in [6.45, 7) is 5.70. The van der Waals surface area contributed by atoms with Crippen LogP contribution >= 0.6 is 0 Å². The maximum Gasteiger partial charge on any atom is 0.270 e. The molecule has 1 N–H and O–H groups in total. The van der Waals surface area contributed by atoms with Crippen molar-refractivity contribution in [2.75, 3.05) is 31.9 Å². The Hall–Kier alpha value is -2.98. The number of rotatable bonds is 7. The number of benzene rings is 1. The molecule has 3 heterocycles. The summed E-state index contributed by atoms with van der Waals surface area (Å²) in [5, 5.41) is 2.80. The van der Waals surface area contributed by atoms with Gasteiger partial charge >= 0.3 is 0 Å². The summed E-state index contributed by atoms with van der Waals surface area (Å²) in [7, 11) is -3.23. The van der Waals surface area contributed by atoms with E-state index in [1.165, 1.54) is 14.9 Å². The molecule has 1 aromatic heterocycles. The number of pyridine rings is 1. The molecule has 0 unspecified atom stereocenters. The third-order valence-corrected chi connectivity index (χ3v) is 8.43. The van der Waals surface area contributed by atoms with Gasteiger partial charge in [0.25, 0.3) is 17.4 Å². The summed E-state index contributed by atoms with van der Waals surface area (Å²) in [5.74, 6) is -0.624. The molecule has 0 spiro atoms. The minimum atomic E-state index is -3.23. The molecule has 0 saturated carbocycles. The van der Waals surface area contributed by atoms with Gasteiger partial charge in [-0.25, -0.2) is 12.7 Å². The topological polar surface area (TPSA) is 109 Å². The van der Waals surface area contributed by atoms with E-state index in [4.69, 9.17) is 0 Å². The first-order valence-corrected chi connectivity index (χ1v) is 13.2. The normalized spacial score (nSPS) is 17.6. The van der Waals surface area contributed by atoms with Crippen LogP contribution in [0.1, 0.15) is 50.9 Å². The molecular weight excluding hydrogens is 456 g/mol. The quantitative estimate of drug-likeness (QED) is 0.631. The van der Waals surface area contributed by atoms with Crippen LogP contribution in [0, 0.1) is 6.92 Å². The Kier molecular flexibility index (Phi) is 6.90. The van der Waals surface area contributed by atoms with Gasteiger partial charge in [-0.15, -0.1) is 0 Å². The van der Waals surface area contributed by atoms with E-state index in [0.29, 0.717) is 31.5 Å². The fourth-order valence-corrected chi connectivity index (χ4v) is 5.99. The number of hydrogen-bond acceptors (Lipinski definition) is 5. The van der Waals surface area contributed by atoms with Gasteiger partial charge in [0.15, 0.2) is 0 Å². The Labute approximate surface area is 199 Å². The van der Waals surface area contributed by atoms with E-state index in [0.717, 1.165) is 11.1 Å². The minimum absolute atomic E-state index is 0.0251. The molecule has 4 rings (SSSR count). The molecule has 2 aromatic rings. The highest BCUT2D eigenvalue weighted by Gasteiger charge is 2.32. The van der Waals surface area contributed by atoms with E-state index in [9.17, 15) is 22.8 Å². The lowest BCUT2D eigenvalue weighted by Gasteiger charge is -2.32. The highest BCUT2D eigenvalue weighted by Crippen LogP contribution is 2.19. The Balaban J connectivity index is 1.52. The van der Waals surface area contributed by atoms with Crippen LogP contribution in [0.15, 0.2) is 35.1 Å². The lowest BCUT2D eigenvalue weighted by Crippen LogP contribution is -2.49. The van der Waals surface area contributed by atoms with Crippen LogP contribution in [0.25, 0.3) is 0 Å². The average molecular weight is 487 g/mol. The highest BCUT2D eigenvalue weighted by molar-refractivity contribution is 7.89. The van der Waals surface area contributed by atoms with Gasteiger partial charge in [0.2, 0.25) is 10.0 Å². The molecule has 0 atom stereocenters. The Morgan fingerprint density at radius 2 is 1.79 bits per heavy atom.